The zero-order valence-electron chi connectivity index (χ0n) is 10.2. The summed E-state index contributed by atoms with van der Waals surface area (Å²) >= 11 is 0. The average molecular weight is 290 g/mol. The third kappa shape index (κ3) is 2.12. The van der Waals surface area contributed by atoms with E-state index in [1.54, 1.807) is 0 Å². The number of aryl methyl sites for hydroxylation is 1. The SMILES string of the molecule is Cc1nn(C2=CC(F)([N+](=O)[O-])CC=C2)c(=O)n1C(F)F. The van der Waals surface area contributed by atoms with Gasteiger partial charge in [0.05, 0.1) is 23.1 Å². The van der Waals surface area contributed by atoms with Gasteiger partial charge in [-0.2, -0.15) is 23.0 Å². The Morgan fingerprint density at radius 2 is 2.20 bits per heavy atom. The molecule has 0 amide bonds. The zero-order valence-corrected chi connectivity index (χ0v) is 10.2. The van der Waals surface area contributed by atoms with E-state index in [9.17, 15) is 28.1 Å². The fourth-order valence-electron chi connectivity index (χ4n) is 1.81. The zero-order chi connectivity index (χ0) is 15.1. The minimum absolute atomic E-state index is 0.107. The number of hydrogen-bond donors (Lipinski definition) is 0. The molecule has 0 spiro atoms. The maximum atomic E-state index is 13.9. The lowest BCUT2D eigenvalue weighted by Crippen LogP contribution is -2.33. The lowest BCUT2D eigenvalue weighted by Gasteiger charge is -2.15. The van der Waals surface area contributed by atoms with E-state index in [4.69, 9.17) is 0 Å². The fourth-order valence-corrected chi connectivity index (χ4v) is 1.81. The number of alkyl halides is 3. The lowest BCUT2D eigenvalue weighted by atomic mass is 10.1. The number of hydrogen-bond acceptors (Lipinski definition) is 4. The Balaban J connectivity index is 2.55. The molecule has 0 saturated carbocycles. The average Bonchev–Trinajstić information content (AvgIpc) is 2.64. The molecule has 108 valence electrons. The molecule has 0 aromatic carbocycles. The van der Waals surface area contributed by atoms with Crippen LogP contribution in [-0.2, 0) is 0 Å². The molecule has 1 aromatic heterocycles. The second-order valence-electron chi connectivity index (χ2n) is 4.14. The molecule has 0 N–H and O–H groups in total. The highest BCUT2D eigenvalue weighted by Gasteiger charge is 2.42. The van der Waals surface area contributed by atoms with Gasteiger partial charge >= 0.3 is 18.0 Å². The first-order valence-corrected chi connectivity index (χ1v) is 5.46. The van der Waals surface area contributed by atoms with Crippen molar-refractivity contribution < 1.29 is 18.1 Å². The van der Waals surface area contributed by atoms with Gasteiger partial charge in [-0.15, -0.1) is 0 Å². The Hall–Kier alpha value is -2.39. The Bertz CT molecular complexity index is 676. The van der Waals surface area contributed by atoms with Crippen molar-refractivity contribution in [3.8, 4) is 0 Å². The summed E-state index contributed by atoms with van der Waals surface area (Å²) in [5.41, 5.74) is -1.45. The summed E-state index contributed by atoms with van der Waals surface area (Å²) in [5, 5.41) is 14.2. The maximum absolute atomic E-state index is 13.9. The van der Waals surface area contributed by atoms with E-state index < -0.39 is 29.4 Å². The highest BCUT2D eigenvalue weighted by Crippen LogP contribution is 2.27. The molecule has 1 aliphatic rings. The van der Waals surface area contributed by atoms with Crippen LogP contribution in [-0.4, -0.2) is 25.1 Å². The second-order valence-corrected chi connectivity index (χ2v) is 4.14. The van der Waals surface area contributed by atoms with E-state index in [1.165, 1.54) is 13.0 Å². The predicted molar refractivity (Wildman–Crippen MR) is 61.3 cm³/mol. The molecule has 1 unspecified atom stereocenters. The smallest absolute Gasteiger partial charge is 0.261 e. The van der Waals surface area contributed by atoms with E-state index in [0.29, 0.717) is 10.8 Å². The summed E-state index contributed by atoms with van der Waals surface area (Å²) in [6, 6.07) is 0. The highest BCUT2D eigenvalue weighted by atomic mass is 19.3. The van der Waals surface area contributed by atoms with Crippen LogP contribution in [0.1, 0.15) is 18.8 Å². The standard InChI is InChI=1S/C10H9F3N4O3/c1-6-14-16(9(18)15(6)8(11)12)7-3-2-4-10(13,5-7)17(19)20/h2-3,5,8H,4H2,1H3. The van der Waals surface area contributed by atoms with Crippen LogP contribution in [0, 0.1) is 17.0 Å². The summed E-state index contributed by atoms with van der Waals surface area (Å²) in [7, 11) is 0. The molecule has 1 atom stereocenters. The first kappa shape index (κ1) is 14.0. The Morgan fingerprint density at radius 3 is 2.70 bits per heavy atom. The van der Waals surface area contributed by atoms with Crippen LogP contribution in [0.4, 0.5) is 13.2 Å². The van der Waals surface area contributed by atoms with Crippen molar-refractivity contribution in [3.63, 3.8) is 0 Å². The molecule has 1 aromatic rings. The summed E-state index contributed by atoms with van der Waals surface area (Å²) < 4.78 is 39.8. The van der Waals surface area contributed by atoms with Crippen LogP contribution >= 0.6 is 0 Å². The normalized spacial score (nSPS) is 22.1. The van der Waals surface area contributed by atoms with E-state index in [0.717, 1.165) is 6.08 Å². The van der Waals surface area contributed by atoms with Gasteiger partial charge in [0.1, 0.15) is 5.82 Å². The minimum Gasteiger partial charge on any atom is -0.261 e. The van der Waals surface area contributed by atoms with Crippen LogP contribution in [0.5, 0.6) is 0 Å². The van der Waals surface area contributed by atoms with Crippen LogP contribution < -0.4 is 5.69 Å². The van der Waals surface area contributed by atoms with Gasteiger partial charge in [0.2, 0.25) is 0 Å². The van der Waals surface area contributed by atoms with Gasteiger partial charge in [-0.05, 0) is 13.0 Å². The topological polar surface area (TPSA) is 83.0 Å². The Morgan fingerprint density at radius 1 is 1.55 bits per heavy atom. The van der Waals surface area contributed by atoms with Crippen molar-refractivity contribution in [2.75, 3.05) is 0 Å². The van der Waals surface area contributed by atoms with Gasteiger partial charge in [0.25, 0.3) is 0 Å². The molecule has 1 heterocycles. The van der Waals surface area contributed by atoms with E-state index in [-0.39, 0.29) is 16.1 Å². The predicted octanol–water partition coefficient (Wildman–Crippen LogP) is 1.49. The fraction of sp³-hybridized carbons (Fsp3) is 0.400. The van der Waals surface area contributed by atoms with Crippen LogP contribution in [0.3, 0.4) is 0 Å². The van der Waals surface area contributed by atoms with Crippen LogP contribution in [0.15, 0.2) is 23.0 Å². The van der Waals surface area contributed by atoms with Gasteiger partial charge in [0, 0.05) is 0 Å². The van der Waals surface area contributed by atoms with Gasteiger partial charge in [-0.3, -0.25) is 10.1 Å². The van der Waals surface area contributed by atoms with Crippen molar-refractivity contribution in [1.29, 1.82) is 0 Å². The molecular formula is C10H9F3N4O3. The van der Waals surface area contributed by atoms with E-state index in [1.807, 2.05) is 0 Å². The molecule has 0 fully saturated rings. The summed E-state index contributed by atoms with van der Waals surface area (Å²) in [5.74, 6) is -3.16. The third-order valence-electron chi connectivity index (χ3n) is 2.79. The molecule has 1 aliphatic carbocycles. The molecule has 10 heteroatoms. The largest absolute Gasteiger partial charge is 0.383 e. The number of halogens is 3. The second kappa shape index (κ2) is 4.62. The maximum Gasteiger partial charge on any atom is 0.383 e. The number of allylic oxidation sites excluding steroid dienone is 2. The summed E-state index contributed by atoms with van der Waals surface area (Å²) in [6.45, 7) is -1.93. The molecule has 2 rings (SSSR count). The Kier molecular flexibility index (Phi) is 3.24. The van der Waals surface area contributed by atoms with E-state index in [2.05, 4.69) is 5.10 Å². The highest BCUT2D eigenvalue weighted by molar-refractivity contribution is 5.58. The first-order valence-electron chi connectivity index (χ1n) is 5.46. The monoisotopic (exact) mass is 290 g/mol. The molecule has 0 radical (unpaired) electrons. The molecular weight excluding hydrogens is 281 g/mol. The first-order chi connectivity index (χ1) is 9.26. The van der Waals surface area contributed by atoms with Crippen LogP contribution in [0.2, 0.25) is 0 Å². The van der Waals surface area contributed by atoms with E-state index >= 15 is 0 Å². The van der Waals surface area contributed by atoms with Crippen molar-refractivity contribution in [2.24, 2.45) is 0 Å². The van der Waals surface area contributed by atoms with Gasteiger partial charge in [0.15, 0.2) is 0 Å². The Labute approximate surface area is 109 Å². The molecule has 20 heavy (non-hydrogen) atoms. The lowest BCUT2D eigenvalue weighted by molar-refractivity contribution is -0.588. The molecule has 7 nitrogen and oxygen atoms in total. The minimum atomic E-state index is -3.10. The number of nitrogens with zero attached hydrogens (tertiary/aromatic N) is 4. The van der Waals surface area contributed by atoms with Gasteiger partial charge < -0.3 is 0 Å². The van der Waals surface area contributed by atoms with Gasteiger partial charge in [-0.1, -0.05) is 6.08 Å². The van der Waals surface area contributed by atoms with Crippen molar-refractivity contribution >= 4 is 5.70 Å². The number of rotatable bonds is 3. The van der Waals surface area contributed by atoms with Crippen molar-refractivity contribution in [1.82, 2.24) is 14.3 Å². The number of aromatic nitrogens is 3. The number of nitro groups is 1. The summed E-state index contributed by atoms with van der Waals surface area (Å²) in [4.78, 5) is 21.2. The molecule has 0 aliphatic heterocycles. The quantitative estimate of drug-likeness (QED) is 0.479. The molecule has 0 saturated heterocycles. The summed E-state index contributed by atoms with van der Waals surface area (Å²) in [6.07, 6.45) is 2.43. The van der Waals surface area contributed by atoms with Crippen molar-refractivity contribution in [2.45, 2.75) is 25.7 Å². The van der Waals surface area contributed by atoms with Crippen molar-refractivity contribution in [3.05, 3.63) is 44.7 Å². The molecule has 0 bridgehead atoms. The third-order valence-corrected chi connectivity index (χ3v) is 2.79. The van der Waals surface area contributed by atoms with Crippen LogP contribution in [0.25, 0.3) is 5.70 Å². The van der Waals surface area contributed by atoms with Gasteiger partial charge in [-0.25, -0.2) is 9.36 Å².